The summed E-state index contributed by atoms with van der Waals surface area (Å²) in [6.45, 7) is 14.0. The molecule has 1 atom stereocenters. The summed E-state index contributed by atoms with van der Waals surface area (Å²) in [4.78, 5) is 12.4. The Morgan fingerprint density at radius 3 is 2.44 bits per heavy atom. The maximum absolute atomic E-state index is 12.4. The average Bonchev–Trinajstić information content (AvgIpc) is 2.86. The van der Waals surface area contributed by atoms with Gasteiger partial charge in [-0.3, -0.25) is 9.48 Å². The smallest absolute Gasteiger partial charge is 0.220 e. The average molecular weight is 372 g/mol. The van der Waals surface area contributed by atoms with Crippen molar-refractivity contribution in [3.05, 3.63) is 46.8 Å². The molecule has 0 aliphatic carbocycles. The van der Waals surface area contributed by atoms with Crippen LogP contribution < -0.4 is 10.1 Å². The number of benzene rings is 1. The summed E-state index contributed by atoms with van der Waals surface area (Å²) in [6.07, 6.45) is 1.19. The van der Waals surface area contributed by atoms with Crippen molar-refractivity contribution in [2.45, 2.75) is 67.0 Å². The van der Waals surface area contributed by atoms with E-state index in [1.807, 2.05) is 45.0 Å². The van der Waals surface area contributed by atoms with Crippen LogP contribution in [-0.4, -0.2) is 22.3 Å². The largest absolute Gasteiger partial charge is 0.494 e. The zero-order valence-corrected chi connectivity index (χ0v) is 17.5. The number of ether oxygens (including phenoxy) is 1. The summed E-state index contributed by atoms with van der Waals surface area (Å²) in [6, 6.07) is 7.86. The lowest BCUT2D eigenvalue weighted by atomic mass is 10.1. The van der Waals surface area contributed by atoms with Gasteiger partial charge in [0.1, 0.15) is 5.75 Å². The summed E-state index contributed by atoms with van der Waals surface area (Å²) in [7, 11) is 0. The topological polar surface area (TPSA) is 56.1 Å². The number of hydrogen-bond acceptors (Lipinski definition) is 3. The quantitative estimate of drug-likeness (QED) is 0.712. The van der Waals surface area contributed by atoms with Crippen LogP contribution in [-0.2, 0) is 17.8 Å². The number of rotatable bonds is 9. The molecule has 0 bridgehead atoms. The van der Waals surface area contributed by atoms with E-state index in [4.69, 9.17) is 4.74 Å². The first-order chi connectivity index (χ1) is 12.8. The third-order valence-electron chi connectivity index (χ3n) is 4.74. The van der Waals surface area contributed by atoms with Crippen LogP contribution >= 0.6 is 0 Å². The molecule has 1 unspecified atom stereocenters. The van der Waals surface area contributed by atoms with Gasteiger partial charge in [0.05, 0.1) is 18.3 Å². The summed E-state index contributed by atoms with van der Waals surface area (Å²) in [5.74, 6) is 1.46. The minimum Gasteiger partial charge on any atom is -0.494 e. The monoisotopic (exact) mass is 371 g/mol. The highest BCUT2D eigenvalue weighted by atomic mass is 16.5. The molecule has 1 aromatic heterocycles. The molecule has 0 fully saturated rings. The Labute approximate surface area is 163 Å². The van der Waals surface area contributed by atoms with Crippen molar-refractivity contribution in [1.29, 1.82) is 0 Å². The number of carbonyl (C=O) groups is 1. The van der Waals surface area contributed by atoms with Crippen LogP contribution in [0.15, 0.2) is 24.3 Å². The van der Waals surface area contributed by atoms with Gasteiger partial charge in [-0.15, -0.1) is 0 Å². The van der Waals surface area contributed by atoms with E-state index in [9.17, 15) is 4.79 Å². The standard InChI is InChI=1S/C22H33N3O2/c1-7-27-20-10-8-19(9-11-20)16(4)23-22(26)13-12-21-17(5)24-25(18(21)6)14-15(2)3/h8-11,15-16H,7,12-14H2,1-6H3,(H,23,26). The second-order valence-electron chi connectivity index (χ2n) is 7.52. The van der Waals surface area contributed by atoms with E-state index in [-0.39, 0.29) is 11.9 Å². The number of carbonyl (C=O) groups excluding carboxylic acids is 1. The van der Waals surface area contributed by atoms with Crippen molar-refractivity contribution in [3.63, 3.8) is 0 Å². The molecule has 0 saturated heterocycles. The maximum Gasteiger partial charge on any atom is 0.220 e. The van der Waals surface area contributed by atoms with Crippen molar-refractivity contribution in [3.8, 4) is 5.75 Å². The van der Waals surface area contributed by atoms with Crippen LogP contribution in [0.1, 0.15) is 62.7 Å². The number of nitrogens with zero attached hydrogens (tertiary/aromatic N) is 2. The van der Waals surface area contributed by atoms with Crippen LogP contribution in [0.4, 0.5) is 0 Å². The van der Waals surface area contributed by atoms with Crippen LogP contribution in [0.3, 0.4) is 0 Å². The molecular formula is C22H33N3O2. The van der Waals surface area contributed by atoms with Crippen LogP contribution in [0.25, 0.3) is 0 Å². The normalized spacial score (nSPS) is 12.3. The summed E-state index contributed by atoms with van der Waals surface area (Å²) in [5.41, 5.74) is 4.47. The van der Waals surface area contributed by atoms with Gasteiger partial charge < -0.3 is 10.1 Å². The SMILES string of the molecule is CCOc1ccc(C(C)NC(=O)CCc2c(C)nn(CC(C)C)c2C)cc1. The molecular weight excluding hydrogens is 338 g/mol. The molecule has 5 nitrogen and oxygen atoms in total. The lowest BCUT2D eigenvalue weighted by Crippen LogP contribution is -2.26. The zero-order chi connectivity index (χ0) is 20.0. The second kappa shape index (κ2) is 9.58. The Morgan fingerprint density at radius 1 is 1.19 bits per heavy atom. The van der Waals surface area contributed by atoms with E-state index in [1.165, 1.54) is 11.3 Å². The summed E-state index contributed by atoms with van der Waals surface area (Å²) in [5, 5.41) is 7.72. The van der Waals surface area contributed by atoms with Crippen LogP contribution in [0.2, 0.25) is 0 Å². The van der Waals surface area contributed by atoms with Crippen molar-refractivity contribution >= 4 is 5.91 Å². The van der Waals surface area contributed by atoms with Gasteiger partial charge in [0.2, 0.25) is 5.91 Å². The minimum absolute atomic E-state index is 0.0287. The molecule has 148 valence electrons. The fourth-order valence-corrected chi connectivity index (χ4v) is 3.27. The van der Waals surface area contributed by atoms with Gasteiger partial charge in [0, 0.05) is 18.7 Å². The molecule has 0 radical (unpaired) electrons. The molecule has 1 heterocycles. The van der Waals surface area contributed by atoms with Gasteiger partial charge in [-0.25, -0.2) is 0 Å². The molecule has 0 aliphatic heterocycles. The fourth-order valence-electron chi connectivity index (χ4n) is 3.27. The van der Waals surface area contributed by atoms with E-state index in [0.717, 1.165) is 30.0 Å². The third kappa shape index (κ3) is 5.84. The van der Waals surface area contributed by atoms with Gasteiger partial charge in [-0.2, -0.15) is 5.10 Å². The lowest BCUT2D eigenvalue weighted by molar-refractivity contribution is -0.121. The van der Waals surface area contributed by atoms with Crippen LogP contribution in [0, 0.1) is 19.8 Å². The zero-order valence-electron chi connectivity index (χ0n) is 17.5. The molecule has 0 spiro atoms. The molecule has 1 N–H and O–H groups in total. The number of aryl methyl sites for hydroxylation is 1. The van der Waals surface area contributed by atoms with Crippen molar-refractivity contribution < 1.29 is 9.53 Å². The van der Waals surface area contributed by atoms with E-state index in [0.29, 0.717) is 18.9 Å². The van der Waals surface area contributed by atoms with E-state index >= 15 is 0 Å². The molecule has 5 heteroatoms. The van der Waals surface area contributed by atoms with Gasteiger partial charge in [-0.1, -0.05) is 26.0 Å². The Kier molecular flexibility index (Phi) is 7.45. The predicted octanol–water partition coefficient (Wildman–Crippen LogP) is 4.36. The first-order valence-corrected chi connectivity index (χ1v) is 9.86. The van der Waals surface area contributed by atoms with E-state index < -0.39 is 0 Å². The van der Waals surface area contributed by atoms with E-state index in [2.05, 4.69) is 35.9 Å². The van der Waals surface area contributed by atoms with E-state index in [1.54, 1.807) is 0 Å². The maximum atomic E-state index is 12.4. The number of hydrogen-bond donors (Lipinski definition) is 1. The molecule has 1 amide bonds. The Balaban J connectivity index is 1.91. The third-order valence-corrected chi connectivity index (χ3v) is 4.74. The first-order valence-electron chi connectivity index (χ1n) is 9.86. The Bertz CT molecular complexity index is 748. The van der Waals surface area contributed by atoms with Gasteiger partial charge in [0.15, 0.2) is 0 Å². The highest BCUT2D eigenvalue weighted by Gasteiger charge is 2.15. The number of aromatic nitrogens is 2. The highest BCUT2D eigenvalue weighted by molar-refractivity contribution is 5.76. The van der Waals surface area contributed by atoms with Crippen LogP contribution in [0.5, 0.6) is 5.75 Å². The molecule has 27 heavy (non-hydrogen) atoms. The summed E-state index contributed by atoms with van der Waals surface area (Å²) < 4.78 is 7.53. The lowest BCUT2D eigenvalue weighted by Gasteiger charge is -2.15. The summed E-state index contributed by atoms with van der Waals surface area (Å²) >= 11 is 0. The molecule has 2 rings (SSSR count). The van der Waals surface area contributed by atoms with Gasteiger partial charge in [-0.05, 0) is 63.3 Å². The molecule has 0 saturated carbocycles. The van der Waals surface area contributed by atoms with Crippen molar-refractivity contribution in [2.75, 3.05) is 6.61 Å². The predicted molar refractivity (Wildman–Crippen MR) is 109 cm³/mol. The number of nitrogens with one attached hydrogen (secondary N) is 1. The Hall–Kier alpha value is -2.30. The van der Waals surface area contributed by atoms with Gasteiger partial charge in [0.25, 0.3) is 0 Å². The Morgan fingerprint density at radius 2 is 1.85 bits per heavy atom. The molecule has 2 aromatic rings. The highest BCUT2D eigenvalue weighted by Crippen LogP contribution is 2.19. The molecule has 0 aliphatic rings. The van der Waals surface area contributed by atoms with Crippen molar-refractivity contribution in [2.24, 2.45) is 5.92 Å². The first kappa shape index (κ1) is 21.0. The van der Waals surface area contributed by atoms with Crippen molar-refractivity contribution in [1.82, 2.24) is 15.1 Å². The fraction of sp³-hybridized carbons (Fsp3) is 0.545. The van der Waals surface area contributed by atoms with Gasteiger partial charge >= 0.3 is 0 Å². The number of amides is 1. The minimum atomic E-state index is -0.0287. The second-order valence-corrected chi connectivity index (χ2v) is 7.52. The molecule has 1 aromatic carbocycles.